The summed E-state index contributed by atoms with van der Waals surface area (Å²) in [5.41, 5.74) is 4.51. The van der Waals surface area contributed by atoms with Crippen molar-refractivity contribution in [3.63, 3.8) is 0 Å². The summed E-state index contributed by atoms with van der Waals surface area (Å²) in [6, 6.07) is 16.0. The fraction of sp³-hybridized carbons (Fsp3) is 0.316. The molecule has 0 aliphatic carbocycles. The van der Waals surface area contributed by atoms with Crippen molar-refractivity contribution in [1.82, 2.24) is 0 Å². The van der Waals surface area contributed by atoms with E-state index in [9.17, 15) is 4.79 Å². The van der Waals surface area contributed by atoms with E-state index in [4.69, 9.17) is 4.74 Å². The third kappa shape index (κ3) is 3.30. The molecule has 0 bridgehead atoms. The molecule has 1 aliphatic heterocycles. The van der Waals surface area contributed by atoms with Crippen LogP contribution in [0, 0.1) is 6.92 Å². The number of hydrogen-bond acceptors (Lipinski definition) is 3. The molecule has 3 rings (SSSR count). The highest BCUT2D eigenvalue weighted by molar-refractivity contribution is 5.89. The van der Waals surface area contributed by atoms with Crippen LogP contribution in [0.1, 0.15) is 27.9 Å². The van der Waals surface area contributed by atoms with Gasteiger partial charge in [0.1, 0.15) is 0 Å². The first-order chi connectivity index (χ1) is 10.7. The number of benzene rings is 2. The van der Waals surface area contributed by atoms with E-state index in [1.807, 2.05) is 31.2 Å². The Bertz CT molecular complexity index is 649. The van der Waals surface area contributed by atoms with E-state index in [2.05, 4.69) is 29.2 Å². The van der Waals surface area contributed by atoms with Crippen LogP contribution in [0.5, 0.6) is 0 Å². The van der Waals surface area contributed by atoms with Crippen molar-refractivity contribution < 1.29 is 9.53 Å². The number of esters is 1. The Morgan fingerprint density at radius 2 is 1.91 bits per heavy atom. The first-order valence-corrected chi connectivity index (χ1v) is 7.81. The fourth-order valence-electron chi connectivity index (χ4n) is 2.83. The van der Waals surface area contributed by atoms with Gasteiger partial charge in [0.05, 0.1) is 12.2 Å². The number of aryl methyl sites for hydroxylation is 1. The predicted molar refractivity (Wildman–Crippen MR) is 88.4 cm³/mol. The van der Waals surface area contributed by atoms with E-state index >= 15 is 0 Å². The van der Waals surface area contributed by atoms with Crippen LogP contribution in [0.4, 0.5) is 5.69 Å². The number of fused-ring (bicyclic) bond motifs is 1. The maximum absolute atomic E-state index is 11.9. The molecule has 0 saturated heterocycles. The van der Waals surface area contributed by atoms with Gasteiger partial charge in [-0.3, -0.25) is 0 Å². The third-order valence-electron chi connectivity index (χ3n) is 4.08. The molecule has 0 amide bonds. The van der Waals surface area contributed by atoms with Crippen molar-refractivity contribution in [2.75, 3.05) is 24.6 Å². The maximum atomic E-state index is 11.9. The van der Waals surface area contributed by atoms with Gasteiger partial charge < -0.3 is 9.64 Å². The van der Waals surface area contributed by atoms with Crippen LogP contribution in [0.15, 0.2) is 48.5 Å². The number of rotatable bonds is 5. The quantitative estimate of drug-likeness (QED) is 0.623. The van der Waals surface area contributed by atoms with E-state index in [0.717, 1.165) is 31.5 Å². The average Bonchev–Trinajstić information content (AvgIpc) is 2.95. The third-order valence-corrected chi connectivity index (χ3v) is 4.08. The minimum atomic E-state index is -0.234. The Morgan fingerprint density at radius 3 is 2.73 bits per heavy atom. The van der Waals surface area contributed by atoms with E-state index in [0.29, 0.717) is 12.2 Å². The predicted octanol–water partition coefficient (Wildman–Crippen LogP) is 3.60. The lowest BCUT2D eigenvalue weighted by Crippen LogP contribution is -2.23. The van der Waals surface area contributed by atoms with Crippen LogP contribution in [0.2, 0.25) is 0 Å². The normalized spacial score (nSPS) is 13.0. The zero-order valence-electron chi connectivity index (χ0n) is 12.9. The van der Waals surface area contributed by atoms with Crippen molar-refractivity contribution in [2.45, 2.75) is 19.8 Å². The number of carbonyl (C=O) groups is 1. The Labute approximate surface area is 131 Å². The summed E-state index contributed by atoms with van der Waals surface area (Å²) in [4.78, 5) is 14.3. The standard InChI is InChI=1S/C19H21NO2/c1-15-7-9-17(10-8-15)19(21)22-14-4-12-20-13-11-16-5-2-3-6-18(16)20/h2-3,5-10H,4,11-14H2,1H3. The molecule has 0 aromatic heterocycles. The SMILES string of the molecule is Cc1ccc(C(=O)OCCCN2CCc3ccccc32)cc1. The summed E-state index contributed by atoms with van der Waals surface area (Å²) < 4.78 is 5.35. The lowest BCUT2D eigenvalue weighted by molar-refractivity contribution is 0.0502. The molecule has 22 heavy (non-hydrogen) atoms. The van der Waals surface area contributed by atoms with Crippen LogP contribution in [-0.4, -0.2) is 25.7 Å². The first-order valence-electron chi connectivity index (χ1n) is 7.81. The molecule has 0 unspecified atom stereocenters. The number of anilines is 1. The minimum Gasteiger partial charge on any atom is -0.462 e. The zero-order valence-corrected chi connectivity index (χ0v) is 12.9. The zero-order chi connectivity index (χ0) is 15.4. The molecule has 0 spiro atoms. The second kappa shape index (κ2) is 6.65. The minimum absolute atomic E-state index is 0.234. The Hall–Kier alpha value is -2.29. The molecule has 0 N–H and O–H groups in total. The van der Waals surface area contributed by atoms with Crippen LogP contribution >= 0.6 is 0 Å². The van der Waals surface area contributed by atoms with Crippen LogP contribution in [0.25, 0.3) is 0 Å². The first kappa shape index (κ1) is 14.6. The van der Waals surface area contributed by atoms with E-state index in [-0.39, 0.29) is 5.97 Å². The Kier molecular flexibility index (Phi) is 4.42. The van der Waals surface area contributed by atoms with Crippen LogP contribution in [0.3, 0.4) is 0 Å². The van der Waals surface area contributed by atoms with Crippen molar-refractivity contribution in [3.8, 4) is 0 Å². The van der Waals surface area contributed by atoms with Crippen LogP contribution < -0.4 is 4.90 Å². The molecule has 114 valence electrons. The van der Waals surface area contributed by atoms with Gasteiger partial charge in [0.15, 0.2) is 0 Å². The van der Waals surface area contributed by atoms with Gasteiger partial charge in [-0.1, -0.05) is 35.9 Å². The number of carbonyl (C=O) groups excluding carboxylic acids is 1. The molecule has 3 heteroatoms. The molecule has 3 nitrogen and oxygen atoms in total. The van der Waals surface area contributed by atoms with E-state index in [1.54, 1.807) is 0 Å². The lowest BCUT2D eigenvalue weighted by atomic mass is 10.1. The van der Waals surface area contributed by atoms with Crippen molar-refractivity contribution >= 4 is 11.7 Å². The van der Waals surface area contributed by atoms with Gasteiger partial charge in [-0.15, -0.1) is 0 Å². The second-order valence-electron chi connectivity index (χ2n) is 5.72. The van der Waals surface area contributed by atoms with Crippen molar-refractivity contribution in [1.29, 1.82) is 0 Å². The summed E-state index contributed by atoms with van der Waals surface area (Å²) in [6.45, 7) is 4.46. The topological polar surface area (TPSA) is 29.5 Å². The smallest absolute Gasteiger partial charge is 0.338 e. The number of nitrogens with zero attached hydrogens (tertiary/aromatic N) is 1. The highest BCUT2D eigenvalue weighted by atomic mass is 16.5. The molecule has 2 aromatic carbocycles. The highest BCUT2D eigenvalue weighted by Gasteiger charge is 2.17. The van der Waals surface area contributed by atoms with Crippen molar-refractivity contribution in [2.24, 2.45) is 0 Å². The average molecular weight is 295 g/mol. The van der Waals surface area contributed by atoms with Gasteiger partial charge in [0.2, 0.25) is 0 Å². The Morgan fingerprint density at radius 1 is 1.14 bits per heavy atom. The highest BCUT2D eigenvalue weighted by Crippen LogP contribution is 2.27. The molecule has 0 fully saturated rings. The number of para-hydroxylation sites is 1. The number of hydrogen-bond donors (Lipinski definition) is 0. The summed E-state index contributed by atoms with van der Waals surface area (Å²) in [5, 5.41) is 0. The molecular formula is C19H21NO2. The Balaban J connectivity index is 1.45. The van der Waals surface area contributed by atoms with E-state index < -0.39 is 0 Å². The molecule has 1 aliphatic rings. The lowest BCUT2D eigenvalue weighted by Gasteiger charge is -2.19. The van der Waals surface area contributed by atoms with Crippen LogP contribution in [-0.2, 0) is 11.2 Å². The monoisotopic (exact) mass is 295 g/mol. The summed E-state index contributed by atoms with van der Waals surface area (Å²) >= 11 is 0. The van der Waals surface area contributed by atoms with Gasteiger partial charge in [-0.2, -0.15) is 0 Å². The number of ether oxygens (including phenoxy) is 1. The summed E-state index contributed by atoms with van der Waals surface area (Å²) in [7, 11) is 0. The van der Waals surface area contributed by atoms with Gasteiger partial charge >= 0.3 is 5.97 Å². The van der Waals surface area contributed by atoms with Crippen molar-refractivity contribution in [3.05, 3.63) is 65.2 Å². The van der Waals surface area contributed by atoms with Gasteiger partial charge in [-0.25, -0.2) is 4.79 Å². The molecular weight excluding hydrogens is 274 g/mol. The molecule has 2 aromatic rings. The second-order valence-corrected chi connectivity index (χ2v) is 5.72. The largest absolute Gasteiger partial charge is 0.462 e. The van der Waals surface area contributed by atoms with Gasteiger partial charge in [0, 0.05) is 18.8 Å². The molecule has 0 atom stereocenters. The maximum Gasteiger partial charge on any atom is 0.338 e. The summed E-state index contributed by atoms with van der Waals surface area (Å²) in [5.74, 6) is -0.234. The molecule has 1 heterocycles. The molecule has 0 saturated carbocycles. The molecule has 0 radical (unpaired) electrons. The van der Waals surface area contributed by atoms with Gasteiger partial charge in [-0.05, 0) is 43.5 Å². The van der Waals surface area contributed by atoms with Gasteiger partial charge in [0.25, 0.3) is 0 Å². The fourth-order valence-corrected chi connectivity index (χ4v) is 2.83. The van der Waals surface area contributed by atoms with E-state index in [1.165, 1.54) is 11.3 Å². The summed E-state index contributed by atoms with van der Waals surface area (Å²) in [6.07, 6.45) is 1.96.